The van der Waals surface area contributed by atoms with E-state index in [1.54, 1.807) is 13.8 Å². The van der Waals surface area contributed by atoms with E-state index in [4.69, 9.17) is 0 Å². The molecule has 0 spiro atoms. The standard InChI is InChI=1S/C18H30N2O3S/c1-4-5-8-16-9-11-17(12-10-16)18(21)19-13-6-7-14-20-24(22,23)15(2)3/h9-12,15,20H,4-8,13-14H2,1-3H3,(H,19,21). The van der Waals surface area contributed by atoms with E-state index in [0.717, 1.165) is 25.7 Å². The Morgan fingerprint density at radius 1 is 1.04 bits per heavy atom. The summed E-state index contributed by atoms with van der Waals surface area (Å²) in [7, 11) is -3.19. The molecule has 0 aromatic heterocycles. The third kappa shape index (κ3) is 7.45. The van der Waals surface area contributed by atoms with E-state index in [0.29, 0.717) is 25.1 Å². The molecule has 1 aromatic carbocycles. The lowest BCUT2D eigenvalue weighted by atomic mass is 10.1. The number of amides is 1. The number of carbonyl (C=O) groups is 1. The molecule has 0 radical (unpaired) electrons. The molecule has 0 atom stereocenters. The molecule has 136 valence electrons. The zero-order valence-electron chi connectivity index (χ0n) is 15.0. The van der Waals surface area contributed by atoms with Crippen molar-refractivity contribution in [2.45, 2.75) is 58.1 Å². The van der Waals surface area contributed by atoms with Gasteiger partial charge >= 0.3 is 0 Å². The number of carbonyl (C=O) groups excluding carboxylic acids is 1. The smallest absolute Gasteiger partial charge is 0.251 e. The average molecular weight is 355 g/mol. The predicted octanol–water partition coefficient (Wildman–Crippen LogP) is 2.87. The van der Waals surface area contributed by atoms with E-state index >= 15 is 0 Å². The van der Waals surface area contributed by atoms with E-state index in [9.17, 15) is 13.2 Å². The van der Waals surface area contributed by atoms with E-state index in [1.807, 2.05) is 24.3 Å². The maximum atomic E-state index is 12.0. The fourth-order valence-electron chi connectivity index (χ4n) is 2.14. The molecule has 0 bridgehead atoms. The van der Waals surface area contributed by atoms with Crippen LogP contribution in [0.15, 0.2) is 24.3 Å². The van der Waals surface area contributed by atoms with Gasteiger partial charge < -0.3 is 5.32 Å². The maximum Gasteiger partial charge on any atom is 0.251 e. The van der Waals surface area contributed by atoms with Crippen LogP contribution in [-0.2, 0) is 16.4 Å². The van der Waals surface area contributed by atoms with Gasteiger partial charge in [0.2, 0.25) is 10.0 Å². The van der Waals surface area contributed by atoms with Crippen molar-refractivity contribution in [2.24, 2.45) is 0 Å². The van der Waals surface area contributed by atoms with Gasteiger partial charge in [-0.3, -0.25) is 4.79 Å². The highest BCUT2D eigenvalue weighted by Crippen LogP contribution is 2.08. The second-order valence-electron chi connectivity index (χ2n) is 6.25. The van der Waals surface area contributed by atoms with Crippen LogP contribution in [0.5, 0.6) is 0 Å². The van der Waals surface area contributed by atoms with Gasteiger partial charge in [-0.2, -0.15) is 0 Å². The molecule has 0 unspecified atom stereocenters. The number of aryl methyl sites for hydroxylation is 1. The van der Waals surface area contributed by atoms with E-state index in [-0.39, 0.29) is 5.91 Å². The Morgan fingerprint density at radius 2 is 1.67 bits per heavy atom. The number of unbranched alkanes of at least 4 members (excludes halogenated alkanes) is 2. The Labute approximate surface area is 146 Å². The molecule has 5 nitrogen and oxygen atoms in total. The van der Waals surface area contributed by atoms with Crippen molar-refractivity contribution in [1.29, 1.82) is 0 Å². The minimum atomic E-state index is -3.19. The van der Waals surface area contributed by atoms with Crippen molar-refractivity contribution in [3.8, 4) is 0 Å². The van der Waals surface area contributed by atoms with Crippen molar-refractivity contribution in [3.63, 3.8) is 0 Å². The van der Waals surface area contributed by atoms with Gasteiger partial charge in [0.15, 0.2) is 0 Å². The molecule has 0 fully saturated rings. The Balaban J connectivity index is 2.24. The molecule has 0 saturated heterocycles. The minimum Gasteiger partial charge on any atom is -0.352 e. The lowest BCUT2D eigenvalue weighted by Gasteiger charge is -2.09. The number of rotatable bonds is 11. The summed E-state index contributed by atoms with van der Waals surface area (Å²) in [5.41, 5.74) is 1.92. The van der Waals surface area contributed by atoms with Crippen LogP contribution in [0.3, 0.4) is 0 Å². The number of nitrogens with one attached hydrogen (secondary N) is 2. The summed E-state index contributed by atoms with van der Waals surface area (Å²) in [6.07, 6.45) is 4.80. The van der Waals surface area contributed by atoms with Gasteiger partial charge in [-0.25, -0.2) is 13.1 Å². The second kappa shape index (κ2) is 10.5. The first-order valence-corrected chi connectivity index (χ1v) is 10.3. The fourth-order valence-corrected chi connectivity index (χ4v) is 2.90. The molecule has 2 N–H and O–H groups in total. The van der Waals surface area contributed by atoms with Crippen LogP contribution in [0, 0.1) is 0 Å². The molecule has 6 heteroatoms. The zero-order valence-corrected chi connectivity index (χ0v) is 15.8. The van der Waals surface area contributed by atoms with Crippen molar-refractivity contribution in [3.05, 3.63) is 35.4 Å². The summed E-state index contributed by atoms with van der Waals surface area (Å²) in [4.78, 5) is 12.0. The first-order valence-electron chi connectivity index (χ1n) is 8.72. The number of hydrogen-bond acceptors (Lipinski definition) is 3. The van der Waals surface area contributed by atoms with Crippen LogP contribution >= 0.6 is 0 Å². The van der Waals surface area contributed by atoms with Crippen LogP contribution in [0.4, 0.5) is 0 Å². The molecular formula is C18H30N2O3S. The van der Waals surface area contributed by atoms with Crippen LogP contribution in [-0.4, -0.2) is 32.7 Å². The van der Waals surface area contributed by atoms with Crippen molar-refractivity contribution in [2.75, 3.05) is 13.1 Å². The molecule has 24 heavy (non-hydrogen) atoms. The average Bonchev–Trinajstić information content (AvgIpc) is 2.56. The summed E-state index contributed by atoms with van der Waals surface area (Å²) in [5, 5.41) is 2.45. The van der Waals surface area contributed by atoms with Crippen molar-refractivity contribution in [1.82, 2.24) is 10.0 Å². The Bertz CT molecular complexity index is 595. The highest BCUT2D eigenvalue weighted by Gasteiger charge is 2.14. The first kappa shape index (κ1) is 20.6. The summed E-state index contributed by atoms with van der Waals surface area (Å²) < 4.78 is 25.7. The summed E-state index contributed by atoms with van der Waals surface area (Å²) in [6.45, 7) is 6.41. The first-order chi connectivity index (χ1) is 11.4. The quantitative estimate of drug-likeness (QED) is 0.600. The van der Waals surface area contributed by atoms with Gasteiger partial charge in [0, 0.05) is 18.7 Å². The molecule has 1 rings (SSSR count). The van der Waals surface area contributed by atoms with Crippen molar-refractivity contribution >= 4 is 15.9 Å². The molecule has 0 aliphatic rings. The molecule has 0 aliphatic heterocycles. The number of benzene rings is 1. The SMILES string of the molecule is CCCCc1ccc(C(=O)NCCCCNS(=O)(=O)C(C)C)cc1. The van der Waals surface area contributed by atoms with Crippen molar-refractivity contribution < 1.29 is 13.2 Å². The summed E-state index contributed by atoms with van der Waals surface area (Å²) >= 11 is 0. The maximum absolute atomic E-state index is 12.0. The van der Waals surface area contributed by atoms with Gasteiger partial charge in [-0.1, -0.05) is 25.5 Å². The van der Waals surface area contributed by atoms with Gasteiger partial charge in [-0.15, -0.1) is 0 Å². The van der Waals surface area contributed by atoms with Crippen LogP contribution in [0.2, 0.25) is 0 Å². The van der Waals surface area contributed by atoms with Gasteiger partial charge in [-0.05, 0) is 57.2 Å². The lowest BCUT2D eigenvalue weighted by molar-refractivity contribution is 0.0953. The van der Waals surface area contributed by atoms with Crippen LogP contribution < -0.4 is 10.0 Å². The molecule has 1 aromatic rings. The van der Waals surface area contributed by atoms with E-state index in [2.05, 4.69) is 17.0 Å². The number of hydrogen-bond donors (Lipinski definition) is 2. The summed E-state index contributed by atoms with van der Waals surface area (Å²) in [5.74, 6) is -0.0835. The third-order valence-electron chi connectivity index (χ3n) is 3.85. The zero-order chi connectivity index (χ0) is 18.0. The molecule has 1 amide bonds. The predicted molar refractivity (Wildman–Crippen MR) is 98.7 cm³/mol. The van der Waals surface area contributed by atoms with E-state index < -0.39 is 15.3 Å². The second-order valence-corrected chi connectivity index (χ2v) is 8.57. The lowest BCUT2D eigenvalue weighted by Crippen LogP contribution is -2.32. The van der Waals surface area contributed by atoms with Gasteiger partial charge in [0.05, 0.1) is 5.25 Å². The Hall–Kier alpha value is -1.40. The molecule has 0 aliphatic carbocycles. The molecule has 0 heterocycles. The van der Waals surface area contributed by atoms with Gasteiger partial charge in [0.25, 0.3) is 5.91 Å². The minimum absolute atomic E-state index is 0.0835. The normalized spacial score (nSPS) is 11.7. The summed E-state index contributed by atoms with van der Waals surface area (Å²) in [6, 6.07) is 7.73. The monoisotopic (exact) mass is 354 g/mol. The Kier molecular flexibility index (Phi) is 9.00. The van der Waals surface area contributed by atoms with Crippen LogP contribution in [0.25, 0.3) is 0 Å². The molecular weight excluding hydrogens is 324 g/mol. The third-order valence-corrected chi connectivity index (χ3v) is 5.70. The Morgan fingerprint density at radius 3 is 2.25 bits per heavy atom. The van der Waals surface area contributed by atoms with Crippen LogP contribution in [0.1, 0.15) is 62.4 Å². The molecule has 0 saturated carbocycles. The topological polar surface area (TPSA) is 75.3 Å². The highest BCUT2D eigenvalue weighted by atomic mass is 32.2. The van der Waals surface area contributed by atoms with E-state index in [1.165, 1.54) is 5.56 Å². The number of sulfonamides is 1. The fraction of sp³-hybridized carbons (Fsp3) is 0.611. The van der Waals surface area contributed by atoms with Gasteiger partial charge in [0.1, 0.15) is 0 Å². The largest absolute Gasteiger partial charge is 0.352 e. The highest BCUT2D eigenvalue weighted by molar-refractivity contribution is 7.90.